The monoisotopic (exact) mass is 264 g/mol. The maximum Gasteiger partial charge on any atom is 0.150 e. The third-order valence-electron chi connectivity index (χ3n) is 2.64. The number of halogens is 2. The van der Waals surface area contributed by atoms with E-state index in [9.17, 15) is 4.79 Å². The molecule has 86 valence electrons. The smallest absolute Gasteiger partial charge is 0.150 e. The van der Waals surface area contributed by atoms with Gasteiger partial charge in [-0.15, -0.1) is 0 Å². The molecule has 3 heteroatoms. The molecular formula is C14H10Cl2O. The molecule has 0 amide bonds. The SMILES string of the molecule is Cc1ccc(Cl)c(-c2ccccc2C=O)c1Cl. The van der Waals surface area contributed by atoms with Crippen molar-refractivity contribution in [2.45, 2.75) is 6.92 Å². The Labute approximate surface area is 110 Å². The predicted molar refractivity (Wildman–Crippen MR) is 72.0 cm³/mol. The zero-order valence-electron chi connectivity index (χ0n) is 9.21. The van der Waals surface area contributed by atoms with Gasteiger partial charge in [0, 0.05) is 16.1 Å². The van der Waals surface area contributed by atoms with Crippen LogP contribution in [0.4, 0.5) is 0 Å². The van der Waals surface area contributed by atoms with Crippen LogP contribution in [-0.2, 0) is 0 Å². The number of hydrogen-bond acceptors (Lipinski definition) is 1. The lowest BCUT2D eigenvalue weighted by molar-refractivity contribution is 0.112. The van der Waals surface area contributed by atoms with E-state index in [0.29, 0.717) is 15.6 Å². The van der Waals surface area contributed by atoms with Gasteiger partial charge >= 0.3 is 0 Å². The van der Waals surface area contributed by atoms with Gasteiger partial charge in [0.15, 0.2) is 6.29 Å². The molecule has 2 rings (SSSR count). The van der Waals surface area contributed by atoms with E-state index in [-0.39, 0.29) is 0 Å². The first-order chi connectivity index (χ1) is 8.15. The van der Waals surface area contributed by atoms with E-state index >= 15 is 0 Å². The average molecular weight is 265 g/mol. The molecule has 0 atom stereocenters. The van der Waals surface area contributed by atoms with Crippen molar-refractivity contribution < 1.29 is 4.79 Å². The molecule has 0 aliphatic heterocycles. The molecule has 0 bridgehead atoms. The van der Waals surface area contributed by atoms with Gasteiger partial charge in [-0.2, -0.15) is 0 Å². The van der Waals surface area contributed by atoms with Crippen LogP contribution in [-0.4, -0.2) is 6.29 Å². The molecule has 2 aromatic rings. The van der Waals surface area contributed by atoms with Gasteiger partial charge in [-0.1, -0.05) is 53.5 Å². The molecular weight excluding hydrogens is 255 g/mol. The number of rotatable bonds is 2. The predicted octanol–water partition coefficient (Wildman–Crippen LogP) is 4.78. The summed E-state index contributed by atoms with van der Waals surface area (Å²) < 4.78 is 0. The van der Waals surface area contributed by atoms with Gasteiger partial charge in [0.2, 0.25) is 0 Å². The van der Waals surface area contributed by atoms with Crippen molar-refractivity contribution in [2.24, 2.45) is 0 Å². The summed E-state index contributed by atoms with van der Waals surface area (Å²) in [4.78, 5) is 11.0. The van der Waals surface area contributed by atoms with Crippen LogP contribution in [0.5, 0.6) is 0 Å². The average Bonchev–Trinajstić information content (AvgIpc) is 2.35. The van der Waals surface area contributed by atoms with Gasteiger partial charge in [0.05, 0.1) is 5.02 Å². The maximum absolute atomic E-state index is 11.0. The van der Waals surface area contributed by atoms with Crippen LogP contribution < -0.4 is 0 Å². The van der Waals surface area contributed by atoms with E-state index in [1.165, 1.54) is 0 Å². The van der Waals surface area contributed by atoms with Gasteiger partial charge in [-0.05, 0) is 24.1 Å². The summed E-state index contributed by atoms with van der Waals surface area (Å²) in [5.74, 6) is 0. The molecule has 0 saturated heterocycles. The third kappa shape index (κ3) is 2.21. The maximum atomic E-state index is 11.0. The molecule has 0 aliphatic rings. The molecule has 0 spiro atoms. The lowest BCUT2D eigenvalue weighted by Gasteiger charge is -2.11. The van der Waals surface area contributed by atoms with E-state index in [2.05, 4.69) is 0 Å². The number of carbonyl (C=O) groups excluding carboxylic acids is 1. The minimum absolute atomic E-state index is 0.551. The highest BCUT2D eigenvalue weighted by Crippen LogP contribution is 2.37. The second-order valence-corrected chi connectivity index (χ2v) is 4.54. The number of aryl methyl sites for hydroxylation is 1. The minimum atomic E-state index is 0.551. The summed E-state index contributed by atoms with van der Waals surface area (Å²) in [6, 6.07) is 10.9. The Balaban J connectivity index is 2.76. The molecule has 0 fully saturated rings. The van der Waals surface area contributed by atoms with Crippen molar-refractivity contribution in [3.8, 4) is 11.1 Å². The molecule has 17 heavy (non-hydrogen) atoms. The van der Waals surface area contributed by atoms with Crippen molar-refractivity contribution >= 4 is 29.5 Å². The molecule has 2 aromatic carbocycles. The van der Waals surface area contributed by atoms with E-state index in [4.69, 9.17) is 23.2 Å². The molecule has 0 unspecified atom stereocenters. The van der Waals surface area contributed by atoms with Crippen molar-refractivity contribution in [1.29, 1.82) is 0 Å². The van der Waals surface area contributed by atoms with Gasteiger partial charge in [-0.3, -0.25) is 4.79 Å². The summed E-state index contributed by atoms with van der Waals surface area (Å²) in [7, 11) is 0. The highest BCUT2D eigenvalue weighted by Gasteiger charge is 2.13. The standard InChI is InChI=1S/C14H10Cl2O/c1-9-6-7-12(15)13(14(9)16)11-5-3-2-4-10(11)8-17/h2-8H,1H3. The van der Waals surface area contributed by atoms with Crippen molar-refractivity contribution in [2.75, 3.05) is 0 Å². The molecule has 0 heterocycles. The van der Waals surface area contributed by atoms with Crippen molar-refractivity contribution in [1.82, 2.24) is 0 Å². The molecule has 0 radical (unpaired) electrons. The number of benzene rings is 2. The van der Waals surface area contributed by atoms with Crippen molar-refractivity contribution in [3.05, 3.63) is 57.6 Å². The second kappa shape index (κ2) is 4.91. The zero-order valence-corrected chi connectivity index (χ0v) is 10.7. The molecule has 0 aromatic heterocycles. The lowest BCUT2D eigenvalue weighted by atomic mass is 9.99. The summed E-state index contributed by atoms with van der Waals surface area (Å²) in [5, 5.41) is 1.14. The van der Waals surface area contributed by atoms with E-state index in [1.54, 1.807) is 12.1 Å². The fraction of sp³-hybridized carbons (Fsp3) is 0.0714. The Morgan fingerprint density at radius 1 is 1.06 bits per heavy atom. The van der Waals surface area contributed by atoms with Crippen LogP contribution in [0.2, 0.25) is 10.0 Å². The largest absolute Gasteiger partial charge is 0.298 e. The minimum Gasteiger partial charge on any atom is -0.298 e. The first-order valence-electron chi connectivity index (χ1n) is 5.14. The Hall–Kier alpha value is -1.31. The molecule has 0 aliphatic carbocycles. The van der Waals surface area contributed by atoms with E-state index < -0.39 is 0 Å². The van der Waals surface area contributed by atoms with E-state index in [0.717, 1.165) is 23.0 Å². The van der Waals surface area contributed by atoms with Crippen LogP contribution in [0.15, 0.2) is 36.4 Å². The highest BCUT2D eigenvalue weighted by molar-refractivity contribution is 6.39. The second-order valence-electron chi connectivity index (χ2n) is 3.76. The summed E-state index contributed by atoms with van der Waals surface area (Å²) >= 11 is 12.4. The number of aldehydes is 1. The zero-order chi connectivity index (χ0) is 12.4. The fourth-order valence-corrected chi connectivity index (χ4v) is 2.31. The molecule has 0 N–H and O–H groups in total. The van der Waals surface area contributed by atoms with Crippen LogP contribution in [0.1, 0.15) is 15.9 Å². The summed E-state index contributed by atoms with van der Waals surface area (Å²) in [5.41, 5.74) is 3.01. The number of carbonyl (C=O) groups is 1. The van der Waals surface area contributed by atoms with Gasteiger partial charge < -0.3 is 0 Å². The highest BCUT2D eigenvalue weighted by atomic mass is 35.5. The normalized spacial score (nSPS) is 10.3. The van der Waals surface area contributed by atoms with Crippen LogP contribution in [0.25, 0.3) is 11.1 Å². The Morgan fingerprint density at radius 2 is 1.76 bits per heavy atom. The lowest BCUT2D eigenvalue weighted by Crippen LogP contribution is -1.90. The first-order valence-corrected chi connectivity index (χ1v) is 5.90. The fourth-order valence-electron chi connectivity index (χ4n) is 1.73. The first kappa shape index (κ1) is 12.2. The quantitative estimate of drug-likeness (QED) is 0.714. The van der Waals surface area contributed by atoms with Crippen molar-refractivity contribution in [3.63, 3.8) is 0 Å². The van der Waals surface area contributed by atoms with E-state index in [1.807, 2.05) is 31.2 Å². The summed E-state index contributed by atoms with van der Waals surface area (Å²) in [6.45, 7) is 1.91. The van der Waals surface area contributed by atoms with Crippen LogP contribution in [0, 0.1) is 6.92 Å². The third-order valence-corrected chi connectivity index (χ3v) is 3.44. The van der Waals surface area contributed by atoms with Gasteiger partial charge in [0.1, 0.15) is 0 Å². The van der Waals surface area contributed by atoms with Crippen LogP contribution >= 0.6 is 23.2 Å². The molecule has 0 saturated carbocycles. The van der Waals surface area contributed by atoms with Gasteiger partial charge in [0.25, 0.3) is 0 Å². The molecule has 1 nitrogen and oxygen atoms in total. The van der Waals surface area contributed by atoms with Crippen LogP contribution in [0.3, 0.4) is 0 Å². The Bertz CT molecular complexity index is 576. The topological polar surface area (TPSA) is 17.1 Å². The Morgan fingerprint density at radius 3 is 2.47 bits per heavy atom. The van der Waals surface area contributed by atoms with Gasteiger partial charge in [-0.25, -0.2) is 0 Å². The Kier molecular flexibility index (Phi) is 3.51. The number of hydrogen-bond donors (Lipinski definition) is 0. The summed E-state index contributed by atoms with van der Waals surface area (Å²) in [6.07, 6.45) is 0.810.